The molecule has 0 bridgehead atoms. The first-order valence-corrected chi connectivity index (χ1v) is 12.6. The summed E-state index contributed by atoms with van der Waals surface area (Å²) in [6.07, 6.45) is -5.41. The summed E-state index contributed by atoms with van der Waals surface area (Å²) in [5.41, 5.74) is 0.0602. The third-order valence-electron chi connectivity index (χ3n) is 2.97. The van der Waals surface area contributed by atoms with Crippen molar-refractivity contribution in [3.05, 3.63) is 71.8 Å². The minimum absolute atomic E-state index is 0. The zero-order chi connectivity index (χ0) is 25.5. The third-order valence-corrected chi connectivity index (χ3v) is 3.54. The van der Waals surface area contributed by atoms with Gasteiger partial charge in [-0.25, -0.2) is 26.3 Å². The van der Waals surface area contributed by atoms with Crippen LogP contribution in [-0.2, 0) is 31.8 Å². The first-order valence-electron chi connectivity index (χ1n) is 8.93. The van der Waals surface area contributed by atoms with E-state index in [1.165, 1.54) is 54.3 Å². The number of hydrogen-bond acceptors (Lipinski definition) is 5. The number of halogens is 6. The predicted octanol–water partition coefficient (Wildman–Crippen LogP) is 12.5. The molecule has 0 amide bonds. The van der Waals surface area contributed by atoms with Crippen LogP contribution in [-0.4, -0.2) is 37.4 Å². The van der Waals surface area contributed by atoms with Crippen LogP contribution < -0.4 is 0 Å². The Kier molecular flexibility index (Phi) is 101. The van der Waals surface area contributed by atoms with Gasteiger partial charge in [-0.05, 0) is 23.1 Å². The summed E-state index contributed by atoms with van der Waals surface area (Å²) in [6.45, 7) is 2.14. The van der Waals surface area contributed by atoms with E-state index in [1.54, 1.807) is 18.4 Å². The van der Waals surface area contributed by atoms with Crippen molar-refractivity contribution in [3.63, 3.8) is 0 Å². The fraction of sp³-hybridized carbons (Fsp3) is 0.586. The average molecular weight is 918 g/mol. The Morgan fingerprint density at radius 3 is 0.927 bits per heavy atom. The molecule has 0 spiro atoms. The van der Waals surface area contributed by atoms with Crippen molar-refractivity contribution in [1.82, 2.24) is 0 Å². The maximum absolute atomic E-state index is 12.5. The van der Waals surface area contributed by atoms with E-state index >= 15 is 0 Å². The SMILES string of the molecule is C.C.C.C.C.C.C.C.CCSC.C[S-].C[S-](=O)=O.FC(F)C(F)c1ccccc1.FC(F)C(F)c1ccccc1.[Rf]. The Morgan fingerprint density at radius 1 is 0.634 bits per heavy atom. The van der Waals surface area contributed by atoms with E-state index in [0.717, 1.165) is 6.26 Å². The number of benzene rings is 2. The fourth-order valence-corrected chi connectivity index (χ4v) is 1.56. The second-order valence-corrected chi connectivity index (χ2v) is 7.23. The standard InChI is InChI=1S/2C8H7F3.C3H8S.CH3O2S.CH4S.8CH4.Rf/c2*9-7(8(10)11)6-4-2-1-3-5-6;1-3-4-2;1-4(2)3;1-2;;;;;;;;;/h2*1-5,7-8H;3H2,1-2H3;1H3;2H,1H3;8*1H4;/q;;;-1;;;;;;;;;;/p-1. The normalized spacial score (nSPS) is 8.93. The van der Waals surface area contributed by atoms with Crippen LogP contribution in [0.25, 0.3) is 0 Å². The largest absolute Gasteiger partial charge is 0.796 e. The van der Waals surface area contributed by atoms with Gasteiger partial charge in [0.2, 0.25) is 0 Å². The van der Waals surface area contributed by atoms with Crippen LogP contribution in [0.3, 0.4) is 0 Å². The molecule has 0 N–H and O–H groups in total. The van der Waals surface area contributed by atoms with Gasteiger partial charge in [0.25, 0.3) is 12.9 Å². The molecule has 0 aliphatic heterocycles. The average Bonchev–Trinajstić information content (AvgIpc) is 2.80. The van der Waals surface area contributed by atoms with E-state index in [-0.39, 0.29) is 70.5 Å². The minimum Gasteiger partial charge on any atom is -0.796 e. The van der Waals surface area contributed by atoms with E-state index in [4.69, 9.17) is 8.42 Å². The van der Waals surface area contributed by atoms with E-state index in [0.29, 0.717) is 0 Å². The molecule has 0 fully saturated rings. The van der Waals surface area contributed by atoms with Crippen molar-refractivity contribution < 1.29 is 34.8 Å². The van der Waals surface area contributed by atoms with E-state index in [2.05, 4.69) is 25.8 Å². The summed E-state index contributed by atoms with van der Waals surface area (Å²) in [5.74, 6) is 1.24. The van der Waals surface area contributed by atoms with E-state index in [1.807, 2.05) is 11.8 Å². The molecule has 0 aromatic heterocycles. The monoisotopic (exact) mass is 917 g/mol. The van der Waals surface area contributed by atoms with Crippen LogP contribution >= 0.6 is 11.8 Å². The zero-order valence-corrected chi connectivity index (χ0v) is 27.7. The predicted molar refractivity (Wildman–Crippen MR) is 178 cm³/mol. The first kappa shape index (κ1) is 77.1. The topological polar surface area (TPSA) is 34.1 Å². The summed E-state index contributed by atoms with van der Waals surface area (Å²) >= 11 is 5.94. The molecule has 2 aromatic carbocycles. The van der Waals surface area contributed by atoms with Gasteiger partial charge in [0.05, 0.1) is 0 Å². The van der Waals surface area contributed by atoms with Crippen LogP contribution in [0.4, 0.5) is 26.3 Å². The molecule has 12 heteroatoms. The summed E-state index contributed by atoms with van der Waals surface area (Å²) in [5, 5.41) is 0. The second-order valence-electron chi connectivity index (χ2n) is 5.27. The Bertz CT molecular complexity index is 657. The smallest absolute Gasteiger partial charge is 0.273 e. The molecule has 2 nitrogen and oxygen atoms in total. The number of rotatable bonds is 5. The molecule has 0 saturated carbocycles. The summed E-state index contributed by atoms with van der Waals surface area (Å²) in [7, 11) is -1.86. The molecule has 2 atom stereocenters. The van der Waals surface area contributed by atoms with Crippen molar-refractivity contribution >= 4 is 35.1 Å². The molecular weight excluding hydrogens is 858 g/mol. The first-order chi connectivity index (χ1) is 15.1. The van der Waals surface area contributed by atoms with Gasteiger partial charge < -0.3 is 21.0 Å². The maximum atomic E-state index is 12.5. The minimum atomic E-state index is -2.93. The molecule has 252 valence electrons. The molecule has 0 heterocycles. The van der Waals surface area contributed by atoms with Gasteiger partial charge in [-0.2, -0.15) is 18.0 Å². The molecular formula is C29H60F6O2RfS3-2. The fourth-order valence-electron chi connectivity index (χ4n) is 1.56. The van der Waals surface area contributed by atoms with Crippen LogP contribution in [0.1, 0.15) is 89.8 Å². The molecule has 0 saturated heterocycles. The van der Waals surface area contributed by atoms with Crippen molar-refractivity contribution in [2.45, 2.75) is 91.5 Å². The molecule has 2 unspecified atom stereocenters. The van der Waals surface area contributed by atoms with Gasteiger partial charge in [-0.1, -0.05) is 144 Å². The number of thioether (sulfide) groups is 1. The van der Waals surface area contributed by atoms with Gasteiger partial charge in [0, 0.05) is 0 Å². The van der Waals surface area contributed by atoms with Crippen LogP contribution in [0.5, 0.6) is 0 Å². The Labute approximate surface area is 257 Å². The van der Waals surface area contributed by atoms with Crippen molar-refractivity contribution in [3.8, 4) is 0 Å². The van der Waals surface area contributed by atoms with Gasteiger partial charge in [-0.15, -0.1) is 0 Å². The maximum Gasteiger partial charge on any atom is 0.273 e. The summed E-state index contributed by atoms with van der Waals surface area (Å²) in [6, 6.07) is 14.8. The van der Waals surface area contributed by atoms with Crippen molar-refractivity contribution in [1.29, 1.82) is 0 Å². The van der Waals surface area contributed by atoms with Gasteiger partial charge >= 0.3 is 0 Å². The van der Waals surface area contributed by atoms with Crippen LogP contribution in [0, 0.1) is 0 Å². The number of hydrogen-bond donors (Lipinski definition) is 0. The van der Waals surface area contributed by atoms with Gasteiger partial charge in [-0.3, -0.25) is 0 Å². The van der Waals surface area contributed by atoms with E-state index < -0.39 is 35.9 Å². The van der Waals surface area contributed by atoms with Crippen LogP contribution in [0.2, 0.25) is 0 Å². The Balaban J connectivity index is -0.0000000267. The zero-order valence-electron chi connectivity index (χ0n) is 18.8. The van der Waals surface area contributed by atoms with Crippen molar-refractivity contribution in [2.24, 2.45) is 0 Å². The Hall–Kier alpha value is -2.33. The molecule has 0 aliphatic rings. The molecule has 41 heavy (non-hydrogen) atoms. The summed E-state index contributed by atoms with van der Waals surface area (Å²) < 4.78 is 90.0. The quantitative estimate of drug-likeness (QED) is 0.221. The number of alkyl halides is 6. The molecule has 2 rings (SSSR count). The summed E-state index contributed by atoms with van der Waals surface area (Å²) in [4.78, 5) is 0. The van der Waals surface area contributed by atoms with E-state index in [9.17, 15) is 26.3 Å². The molecule has 0 aliphatic carbocycles. The van der Waals surface area contributed by atoms with Crippen LogP contribution in [0.15, 0.2) is 60.7 Å². The second kappa shape index (κ2) is 53.9. The Morgan fingerprint density at radius 2 is 0.805 bits per heavy atom. The van der Waals surface area contributed by atoms with Gasteiger partial charge in [0.15, 0.2) is 12.3 Å². The van der Waals surface area contributed by atoms with Gasteiger partial charge in [0.1, 0.15) is 0 Å². The third kappa shape index (κ3) is 51.0. The molecule has 0 radical (unpaired) electrons. The van der Waals surface area contributed by atoms with Crippen molar-refractivity contribution in [2.75, 3.05) is 24.5 Å². The molecule has 2 aromatic rings.